The highest BCUT2D eigenvalue weighted by Crippen LogP contribution is 2.22. The second kappa shape index (κ2) is 7.25. The first-order chi connectivity index (χ1) is 10.5. The molecule has 0 unspecified atom stereocenters. The fraction of sp³-hybridized carbons (Fsp3) is 0.0588. The van der Waals surface area contributed by atoms with Crippen molar-refractivity contribution in [2.24, 2.45) is 0 Å². The van der Waals surface area contributed by atoms with Gasteiger partial charge in [0.15, 0.2) is 11.6 Å². The number of hydrogen-bond donors (Lipinski definition) is 1. The molecule has 0 aliphatic rings. The molecular formula is C17H13Cl2NO2. The number of nitrogens with one attached hydrogen (secondary N) is 1. The molecule has 3 nitrogen and oxygen atoms in total. The molecular weight excluding hydrogens is 321 g/mol. The Kier molecular flexibility index (Phi) is 5.36. The zero-order valence-electron chi connectivity index (χ0n) is 11.8. The van der Waals surface area contributed by atoms with Crippen molar-refractivity contribution in [2.75, 3.05) is 5.32 Å². The van der Waals surface area contributed by atoms with Gasteiger partial charge in [0.25, 0.3) is 0 Å². The lowest BCUT2D eigenvalue weighted by molar-refractivity contribution is 0.101. The molecule has 0 aliphatic carbocycles. The highest BCUT2D eigenvalue weighted by Gasteiger charge is 2.05. The molecule has 0 atom stereocenters. The van der Waals surface area contributed by atoms with Crippen LogP contribution in [0.25, 0.3) is 0 Å². The molecule has 112 valence electrons. The minimum atomic E-state index is -0.188. The zero-order valence-corrected chi connectivity index (χ0v) is 13.3. The van der Waals surface area contributed by atoms with E-state index >= 15 is 0 Å². The van der Waals surface area contributed by atoms with E-state index in [1.807, 2.05) is 0 Å². The van der Waals surface area contributed by atoms with Crippen LogP contribution in [0.3, 0.4) is 0 Å². The number of rotatable bonds is 5. The summed E-state index contributed by atoms with van der Waals surface area (Å²) in [4.78, 5) is 23.1. The first-order valence-corrected chi connectivity index (χ1v) is 7.26. The quantitative estimate of drug-likeness (QED) is 0.618. The minimum Gasteiger partial charge on any atom is -0.362 e. The average molecular weight is 334 g/mol. The first kappa shape index (κ1) is 16.3. The molecule has 0 aliphatic heterocycles. The number of Topliss-reactive ketones (excluding diaryl/α,β-unsaturated/α-hetero) is 1. The monoisotopic (exact) mass is 333 g/mol. The number of allylic oxidation sites excluding steroid dienone is 1. The molecule has 0 heterocycles. The van der Waals surface area contributed by atoms with Crippen LogP contribution in [0.4, 0.5) is 5.69 Å². The van der Waals surface area contributed by atoms with E-state index in [1.165, 1.54) is 25.3 Å². The summed E-state index contributed by atoms with van der Waals surface area (Å²) in [7, 11) is 0. The molecule has 5 heteroatoms. The molecule has 2 aromatic carbocycles. The van der Waals surface area contributed by atoms with Crippen molar-refractivity contribution in [2.45, 2.75) is 6.92 Å². The SMILES string of the molecule is CC(=O)c1ccc(NC=CC(=O)c2ccc(Cl)c(Cl)c2)cc1. The summed E-state index contributed by atoms with van der Waals surface area (Å²) in [5.74, 6) is -0.177. The number of ketones is 2. The van der Waals surface area contributed by atoms with Gasteiger partial charge in [-0.25, -0.2) is 0 Å². The fourth-order valence-corrected chi connectivity index (χ4v) is 2.06. The lowest BCUT2D eigenvalue weighted by atomic mass is 10.1. The lowest BCUT2D eigenvalue weighted by Crippen LogP contribution is -1.97. The Bertz CT molecular complexity index is 737. The van der Waals surface area contributed by atoms with Crippen LogP contribution < -0.4 is 5.32 Å². The van der Waals surface area contributed by atoms with Gasteiger partial charge in [-0.15, -0.1) is 0 Å². The van der Waals surface area contributed by atoms with Gasteiger partial charge < -0.3 is 5.32 Å². The highest BCUT2D eigenvalue weighted by molar-refractivity contribution is 6.42. The van der Waals surface area contributed by atoms with E-state index in [2.05, 4.69) is 5.32 Å². The van der Waals surface area contributed by atoms with Gasteiger partial charge in [0.2, 0.25) is 0 Å². The molecule has 0 aromatic heterocycles. The number of halogens is 2. The Labute approximate surface area is 138 Å². The van der Waals surface area contributed by atoms with Crippen molar-refractivity contribution in [3.63, 3.8) is 0 Å². The van der Waals surface area contributed by atoms with Crippen LogP contribution in [0.15, 0.2) is 54.7 Å². The number of carbonyl (C=O) groups is 2. The molecule has 0 spiro atoms. The van der Waals surface area contributed by atoms with Crippen LogP contribution in [0.5, 0.6) is 0 Å². The lowest BCUT2D eigenvalue weighted by Gasteiger charge is -2.02. The van der Waals surface area contributed by atoms with Gasteiger partial charge in [0, 0.05) is 29.1 Å². The molecule has 1 N–H and O–H groups in total. The summed E-state index contributed by atoms with van der Waals surface area (Å²) in [6, 6.07) is 11.7. The minimum absolute atomic E-state index is 0.0110. The maximum atomic E-state index is 12.0. The van der Waals surface area contributed by atoms with Gasteiger partial charge in [0.1, 0.15) is 0 Å². The third-order valence-electron chi connectivity index (χ3n) is 2.98. The van der Waals surface area contributed by atoms with Crippen LogP contribution in [-0.2, 0) is 0 Å². The Morgan fingerprint density at radius 2 is 1.59 bits per heavy atom. The first-order valence-electron chi connectivity index (χ1n) is 6.51. The van der Waals surface area contributed by atoms with Crippen LogP contribution >= 0.6 is 23.2 Å². The van der Waals surface area contributed by atoms with Crippen molar-refractivity contribution >= 4 is 40.5 Å². The van der Waals surface area contributed by atoms with E-state index in [9.17, 15) is 9.59 Å². The normalized spacial score (nSPS) is 10.7. The van der Waals surface area contributed by atoms with E-state index in [4.69, 9.17) is 23.2 Å². The zero-order chi connectivity index (χ0) is 16.1. The van der Waals surface area contributed by atoms with E-state index in [1.54, 1.807) is 36.4 Å². The largest absolute Gasteiger partial charge is 0.362 e. The molecule has 0 saturated heterocycles. The molecule has 2 aromatic rings. The van der Waals surface area contributed by atoms with E-state index in [0.717, 1.165) is 5.69 Å². The molecule has 0 radical (unpaired) electrons. The van der Waals surface area contributed by atoms with Crippen LogP contribution in [0.2, 0.25) is 10.0 Å². The second-order valence-electron chi connectivity index (χ2n) is 4.60. The summed E-state index contributed by atoms with van der Waals surface area (Å²) < 4.78 is 0. The Hall–Kier alpha value is -2.10. The van der Waals surface area contributed by atoms with Crippen LogP contribution in [0, 0.1) is 0 Å². The summed E-state index contributed by atoms with van der Waals surface area (Å²) in [6.45, 7) is 1.51. The molecule has 0 amide bonds. The van der Waals surface area contributed by atoms with E-state index in [0.29, 0.717) is 21.2 Å². The van der Waals surface area contributed by atoms with Crippen molar-refractivity contribution in [1.29, 1.82) is 0 Å². The van der Waals surface area contributed by atoms with Crippen LogP contribution in [-0.4, -0.2) is 11.6 Å². The summed E-state index contributed by atoms with van der Waals surface area (Å²) >= 11 is 11.7. The molecule has 0 bridgehead atoms. The van der Waals surface area contributed by atoms with Gasteiger partial charge in [-0.05, 0) is 49.4 Å². The third-order valence-corrected chi connectivity index (χ3v) is 3.72. The maximum absolute atomic E-state index is 12.0. The number of anilines is 1. The molecule has 22 heavy (non-hydrogen) atoms. The molecule has 2 rings (SSSR count). The topological polar surface area (TPSA) is 46.2 Å². The van der Waals surface area contributed by atoms with Gasteiger partial charge in [-0.2, -0.15) is 0 Å². The Morgan fingerprint density at radius 3 is 2.18 bits per heavy atom. The second-order valence-corrected chi connectivity index (χ2v) is 5.42. The van der Waals surface area contributed by atoms with Gasteiger partial charge in [-0.1, -0.05) is 23.2 Å². The van der Waals surface area contributed by atoms with Crippen molar-refractivity contribution in [3.8, 4) is 0 Å². The van der Waals surface area contributed by atoms with E-state index < -0.39 is 0 Å². The van der Waals surface area contributed by atoms with Gasteiger partial charge in [0.05, 0.1) is 10.0 Å². The van der Waals surface area contributed by atoms with Gasteiger partial charge >= 0.3 is 0 Å². The predicted octanol–water partition coefficient (Wildman–Crippen LogP) is 5.00. The number of carbonyl (C=O) groups excluding carboxylic acids is 2. The summed E-state index contributed by atoms with van der Waals surface area (Å²) in [5, 5.41) is 3.72. The van der Waals surface area contributed by atoms with Crippen molar-refractivity contribution in [1.82, 2.24) is 0 Å². The number of benzene rings is 2. The fourth-order valence-electron chi connectivity index (χ4n) is 1.76. The third kappa shape index (κ3) is 4.20. The Balaban J connectivity index is 2.00. The highest BCUT2D eigenvalue weighted by atomic mass is 35.5. The summed E-state index contributed by atoms with van der Waals surface area (Å²) in [6.07, 6.45) is 2.94. The maximum Gasteiger partial charge on any atom is 0.187 e. The summed E-state index contributed by atoms with van der Waals surface area (Å²) in [5.41, 5.74) is 1.88. The van der Waals surface area contributed by atoms with Crippen molar-refractivity contribution < 1.29 is 9.59 Å². The number of hydrogen-bond acceptors (Lipinski definition) is 3. The smallest absolute Gasteiger partial charge is 0.187 e. The van der Waals surface area contributed by atoms with Crippen LogP contribution in [0.1, 0.15) is 27.6 Å². The average Bonchev–Trinajstić information content (AvgIpc) is 2.50. The molecule has 0 saturated carbocycles. The molecule has 0 fully saturated rings. The van der Waals surface area contributed by atoms with E-state index in [-0.39, 0.29) is 11.6 Å². The standard InChI is InChI=1S/C17H13Cl2NO2/c1-11(21)12-2-5-14(6-3-12)20-9-8-17(22)13-4-7-15(18)16(19)10-13/h2-10,20H,1H3. The Morgan fingerprint density at radius 1 is 0.955 bits per heavy atom. The predicted molar refractivity (Wildman–Crippen MR) is 90.0 cm³/mol. The van der Waals surface area contributed by atoms with Crippen molar-refractivity contribution in [3.05, 3.63) is 75.9 Å². The van der Waals surface area contributed by atoms with Gasteiger partial charge in [-0.3, -0.25) is 9.59 Å².